The lowest BCUT2D eigenvalue weighted by Crippen LogP contribution is -2.49. The minimum absolute atomic E-state index is 0.0473. The van der Waals surface area contributed by atoms with E-state index in [2.05, 4.69) is 9.97 Å². The molecule has 180 valence electrons. The van der Waals surface area contributed by atoms with Gasteiger partial charge < -0.3 is 30.7 Å². The summed E-state index contributed by atoms with van der Waals surface area (Å²) in [6.07, 6.45) is 0.173. The summed E-state index contributed by atoms with van der Waals surface area (Å²) in [5.41, 5.74) is 13.2. The van der Waals surface area contributed by atoms with Gasteiger partial charge in [-0.3, -0.25) is 4.79 Å². The number of amides is 1. The van der Waals surface area contributed by atoms with Crippen LogP contribution in [0.1, 0.15) is 18.0 Å². The number of fused-ring (bicyclic) bond motifs is 1. The van der Waals surface area contributed by atoms with Crippen molar-refractivity contribution in [2.45, 2.75) is 12.5 Å². The van der Waals surface area contributed by atoms with Gasteiger partial charge in [0.15, 0.2) is 17.3 Å². The third-order valence-electron chi connectivity index (χ3n) is 5.88. The number of aromatic nitrogens is 2. The largest absolute Gasteiger partial charge is 0.493 e. The van der Waals surface area contributed by atoms with E-state index >= 15 is 4.39 Å². The first-order valence-corrected chi connectivity index (χ1v) is 11.1. The monoisotopic (exact) mass is 488 g/mol. The second-order valence-corrected chi connectivity index (χ2v) is 8.40. The molecule has 1 fully saturated rings. The molecular weight excluding hydrogens is 463 g/mol. The molecule has 1 aliphatic heterocycles. The van der Waals surface area contributed by atoms with Gasteiger partial charge in [0.2, 0.25) is 11.9 Å². The van der Waals surface area contributed by atoms with Crippen molar-refractivity contribution < 1.29 is 18.7 Å². The van der Waals surface area contributed by atoms with Crippen LogP contribution in [0.15, 0.2) is 30.3 Å². The smallest absolute Gasteiger partial charge is 0.228 e. The zero-order valence-electron chi connectivity index (χ0n) is 18.9. The summed E-state index contributed by atoms with van der Waals surface area (Å²) in [5, 5.41) is 0.916. The van der Waals surface area contributed by atoms with Crippen LogP contribution in [0.2, 0.25) is 5.02 Å². The van der Waals surface area contributed by atoms with Crippen molar-refractivity contribution in [1.82, 2.24) is 14.9 Å². The molecule has 2 heterocycles. The van der Waals surface area contributed by atoms with E-state index in [1.807, 2.05) is 17.0 Å². The van der Waals surface area contributed by atoms with Crippen molar-refractivity contribution in [3.8, 4) is 11.5 Å². The highest BCUT2D eigenvalue weighted by atomic mass is 35.5. The minimum Gasteiger partial charge on any atom is -0.493 e. The summed E-state index contributed by atoms with van der Waals surface area (Å²) in [4.78, 5) is 25.2. The van der Waals surface area contributed by atoms with E-state index < -0.39 is 11.9 Å². The molecular formula is C23H26ClFN6O3. The van der Waals surface area contributed by atoms with Crippen LogP contribution in [0.25, 0.3) is 10.9 Å². The van der Waals surface area contributed by atoms with Crippen molar-refractivity contribution in [3.05, 3.63) is 46.7 Å². The maximum absolute atomic E-state index is 15.1. The Morgan fingerprint density at radius 2 is 1.91 bits per heavy atom. The number of benzene rings is 2. The molecule has 4 N–H and O–H groups in total. The third-order valence-corrected chi connectivity index (χ3v) is 6.12. The molecule has 0 saturated carbocycles. The Kier molecular flexibility index (Phi) is 6.90. The van der Waals surface area contributed by atoms with Crippen LogP contribution in [0.5, 0.6) is 11.5 Å². The normalized spacial score (nSPS) is 14.9. The van der Waals surface area contributed by atoms with Gasteiger partial charge in [0.25, 0.3) is 0 Å². The number of hydrogen-bond acceptors (Lipinski definition) is 8. The molecule has 3 aromatic rings. The minimum atomic E-state index is -0.670. The number of anilines is 2. The molecule has 0 bridgehead atoms. The number of halogens is 2. The molecule has 0 radical (unpaired) electrons. The molecule has 1 aliphatic rings. The predicted octanol–water partition coefficient (Wildman–Crippen LogP) is 2.76. The Balaban J connectivity index is 1.47. The topological polar surface area (TPSA) is 120 Å². The molecule has 11 heteroatoms. The lowest BCUT2D eigenvalue weighted by atomic mass is 10.0. The zero-order valence-corrected chi connectivity index (χ0v) is 19.7. The molecule has 34 heavy (non-hydrogen) atoms. The zero-order chi connectivity index (χ0) is 24.4. The van der Waals surface area contributed by atoms with Crippen LogP contribution < -0.4 is 25.8 Å². The molecule has 0 spiro atoms. The Morgan fingerprint density at radius 1 is 1.18 bits per heavy atom. The van der Waals surface area contributed by atoms with E-state index in [0.717, 1.165) is 5.56 Å². The van der Waals surface area contributed by atoms with Crippen LogP contribution in [-0.2, 0) is 4.79 Å². The number of carbonyl (C=O) groups is 1. The first-order valence-electron chi connectivity index (χ1n) is 10.7. The summed E-state index contributed by atoms with van der Waals surface area (Å²) >= 11 is 6.02. The first-order chi connectivity index (χ1) is 16.3. The van der Waals surface area contributed by atoms with Crippen molar-refractivity contribution in [3.63, 3.8) is 0 Å². The highest BCUT2D eigenvalue weighted by Gasteiger charge is 2.26. The maximum atomic E-state index is 15.1. The fourth-order valence-corrected chi connectivity index (χ4v) is 4.21. The average Bonchev–Trinajstić information content (AvgIpc) is 2.84. The number of nitrogens with zero attached hydrogens (tertiary/aromatic N) is 4. The number of hydrogen-bond donors (Lipinski definition) is 2. The van der Waals surface area contributed by atoms with Crippen molar-refractivity contribution >= 4 is 40.2 Å². The van der Waals surface area contributed by atoms with E-state index in [9.17, 15) is 4.79 Å². The van der Waals surface area contributed by atoms with Crippen molar-refractivity contribution in [2.24, 2.45) is 5.73 Å². The fraction of sp³-hybridized carbons (Fsp3) is 0.348. The van der Waals surface area contributed by atoms with E-state index in [1.165, 1.54) is 14.2 Å². The highest BCUT2D eigenvalue weighted by molar-refractivity contribution is 6.30. The summed E-state index contributed by atoms with van der Waals surface area (Å²) < 4.78 is 25.4. The molecule has 1 amide bonds. The van der Waals surface area contributed by atoms with Crippen LogP contribution in [-0.4, -0.2) is 61.2 Å². The van der Waals surface area contributed by atoms with Gasteiger partial charge in [-0.15, -0.1) is 0 Å². The number of nitrogens with two attached hydrogens (primary N) is 2. The Hall–Kier alpha value is -3.37. The maximum Gasteiger partial charge on any atom is 0.228 e. The molecule has 0 unspecified atom stereocenters. The molecule has 1 atom stereocenters. The number of methoxy groups -OCH3 is 2. The lowest BCUT2D eigenvalue weighted by Gasteiger charge is -2.35. The second kappa shape index (κ2) is 9.86. The molecule has 2 aromatic carbocycles. The average molecular weight is 489 g/mol. The molecule has 1 saturated heterocycles. The van der Waals surface area contributed by atoms with E-state index in [-0.39, 0.29) is 35.2 Å². The van der Waals surface area contributed by atoms with Gasteiger partial charge in [-0.2, -0.15) is 4.98 Å². The molecule has 0 aliphatic carbocycles. The summed E-state index contributed by atoms with van der Waals surface area (Å²) in [6.45, 7) is 1.85. The standard InChI is InChI=1S/C23H26ClFN6O3/c1-33-17-11-15-20(19(25)21(17)34-2)28-23(29-22(15)27)31-8-6-30(7-9-31)18(32)12-16(26)13-4-3-5-14(24)10-13/h3-5,10-11,16H,6-9,12,26H2,1-2H3,(H2,27,28,29)/t16-/m1/s1. The van der Waals surface area contributed by atoms with Crippen LogP contribution >= 0.6 is 11.6 Å². The number of ether oxygens (including phenoxy) is 2. The van der Waals surface area contributed by atoms with E-state index in [4.69, 9.17) is 32.5 Å². The Bertz CT molecular complexity index is 1220. The number of carbonyl (C=O) groups excluding carboxylic acids is 1. The predicted molar refractivity (Wildman–Crippen MR) is 129 cm³/mol. The molecule has 1 aromatic heterocycles. The molecule has 4 rings (SSSR count). The Morgan fingerprint density at radius 3 is 2.56 bits per heavy atom. The highest BCUT2D eigenvalue weighted by Crippen LogP contribution is 2.37. The second-order valence-electron chi connectivity index (χ2n) is 7.96. The third kappa shape index (κ3) is 4.64. The summed E-state index contributed by atoms with van der Waals surface area (Å²) in [5.74, 6) is -0.140. The van der Waals surface area contributed by atoms with Gasteiger partial charge >= 0.3 is 0 Å². The fourth-order valence-electron chi connectivity index (χ4n) is 4.01. The van der Waals surface area contributed by atoms with Crippen molar-refractivity contribution in [2.75, 3.05) is 51.0 Å². The first kappa shape index (κ1) is 23.8. The van der Waals surface area contributed by atoms with Gasteiger partial charge in [-0.05, 0) is 23.8 Å². The SMILES string of the molecule is COc1cc2c(N)nc(N3CCN(C(=O)C[C@@H](N)c4cccc(Cl)c4)CC3)nc2c(F)c1OC. The van der Waals surface area contributed by atoms with E-state index in [0.29, 0.717) is 42.5 Å². The number of rotatable bonds is 6. The van der Waals surface area contributed by atoms with E-state index in [1.54, 1.807) is 23.1 Å². The van der Waals surface area contributed by atoms with Crippen LogP contribution in [0.3, 0.4) is 0 Å². The summed E-state index contributed by atoms with van der Waals surface area (Å²) in [7, 11) is 2.77. The Labute approximate surface area is 201 Å². The lowest BCUT2D eigenvalue weighted by molar-refractivity contribution is -0.131. The van der Waals surface area contributed by atoms with Gasteiger partial charge in [-0.25, -0.2) is 9.37 Å². The van der Waals surface area contributed by atoms with Crippen molar-refractivity contribution in [1.29, 1.82) is 0 Å². The van der Waals surface area contributed by atoms with Crippen LogP contribution in [0.4, 0.5) is 16.2 Å². The van der Waals surface area contributed by atoms with Gasteiger partial charge in [0.1, 0.15) is 11.3 Å². The molecule has 9 nitrogen and oxygen atoms in total. The quantitative estimate of drug-likeness (QED) is 0.543. The number of piperazine rings is 1. The van der Waals surface area contributed by atoms with Gasteiger partial charge in [0.05, 0.1) is 14.2 Å². The number of nitrogen functional groups attached to an aromatic ring is 1. The van der Waals surface area contributed by atoms with Gasteiger partial charge in [0, 0.05) is 49.1 Å². The van der Waals surface area contributed by atoms with Crippen LogP contribution in [0, 0.1) is 5.82 Å². The summed E-state index contributed by atoms with van der Waals surface area (Å²) in [6, 6.07) is 8.30. The van der Waals surface area contributed by atoms with Gasteiger partial charge in [-0.1, -0.05) is 23.7 Å².